The number of carbonyl (C=O) groups excluding carboxylic acids is 3. The van der Waals surface area contributed by atoms with Crippen molar-refractivity contribution in [2.75, 3.05) is 47.9 Å². The average Bonchev–Trinajstić information content (AvgIpc) is 3.94. The number of anilines is 3. The van der Waals surface area contributed by atoms with Crippen LogP contribution in [-0.2, 0) is 23.2 Å². The summed E-state index contributed by atoms with van der Waals surface area (Å²) in [5, 5.41) is 10.1. The lowest BCUT2D eigenvalue weighted by atomic mass is 9.89. The lowest BCUT2D eigenvalue weighted by molar-refractivity contribution is -0.134. The fourth-order valence-electron chi connectivity index (χ4n) is 11.3. The first kappa shape index (κ1) is 42.1. The number of carbonyl (C=O) groups is 3. The molecule has 2 aromatic carbocycles. The third-order valence-electron chi connectivity index (χ3n) is 14.5. The van der Waals surface area contributed by atoms with Gasteiger partial charge in [0.25, 0.3) is 5.91 Å². The van der Waals surface area contributed by atoms with Crippen molar-refractivity contribution >= 4 is 46.1 Å². The summed E-state index contributed by atoms with van der Waals surface area (Å²) in [6.07, 6.45) is 4.97. The van der Waals surface area contributed by atoms with Gasteiger partial charge < -0.3 is 19.1 Å². The number of imide groups is 1. The van der Waals surface area contributed by atoms with Gasteiger partial charge in [0.15, 0.2) is 0 Å². The van der Waals surface area contributed by atoms with Crippen LogP contribution in [0.1, 0.15) is 92.0 Å². The normalized spacial score (nSPS) is 24.7. The van der Waals surface area contributed by atoms with Gasteiger partial charge in [-0.15, -0.1) is 0 Å². The molecule has 3 amide bonds. The van der Waals surface area contributed by atoms with Crippen LogP contribution >= 0.6 is 0 Å². The number of benzene rings is 2. The van der Waals surface area contributed by atoms with Crippen molar-refractivity contribution in [3.8, 4) is 17.1 Å². The standard InChI is InChI=1S/C48H56F2N10O4/c1-26-16-32-18-40(51-26)43-29(4)55-56(5)47(43)64-25-31-7-6-30(17-31)24-60-41-21-34(8-10-39(41)52-48(60)54-45(32)62)59-23-27(2)58(22-28(59)3)33-12-14-57(15-13-33)35-19-37(49)44(38(50)20-35)36-9-11-42(61)53-46(36)63/h8,10,16,18-21,27-28,30-31,33,36H,6-7,9,11-15,17,22-25H2,1-5H3,(H,52,54,62)(H,53,61,63)/t27-,28-,30-,31+,36-/m1/s1. The van der Waals surface area contributed by atoms with Gasteiger partial charge in [0.05, 0.1) is 40.5 Å². The first-order chi connectivity index (χ1) is 30.8. The van der Waals surface area contributed by atoms with Crippen molar-refractivity contribution in [3.05, 3.63) is 76.6 Å². The summed E-state index contributed by atoms with van der Waals surface area (Å²) < 4.78 is 41.3. The topological polar surface area (TPSA) is 143 Å². The van der Waals surface area contributed by atoms with Gasteiger partial charge in [-0.1, -0.05) is 0 Å². The maximum absolute atomic E-state index is 15.4. The first-order valence-electron chi connectivity index (χ1n) is 22.8. The van der Waals surface area contributed by atoms with E-state index in [2.05, 4.69) is 62.1 Å². The molecule has 14 nitrogen and oxygen atoms in total. The highest BCUT2D eigenvalue weighted by Crippen LogP contribution is 2.39. The van der Waals surface area contributed by atoms with Gasteiger partial charge in [-0.3, -0.25) is 34.9 Å². The number of nitrogens with one attached hydrogen (secondary N) is 2. The predicted molar refractivity (Wildman–Crippen MR) is 240 cm³/mol. The first-order valence-corrected chi connectivity index (χ1v) is 22.8. The van der Waals surface area contributed by atoms with Crippen LogP contribution in [0.3, 0.4) is 0 Å². The van der Waals surface area contributed by atoms with Crippen LogP contribution in [0.4, 0.5) is 26.1 Å². The lowest BCUT2D eigenvalue weighted by Gasteiger charge is -2.50. The molecule has 4 aliphatic heterocycles. The van der Waals surface area contributed by atoms with E-state index in [0.717, 1.165) is 85.4 Å². The summed E-state index contributed by atoms with van der Waals surface area (Å²) in [5.74, 6) is -1.86. The highest BCUT2D eigenvalue weighted by atomic mass is 19.1. The SMILES string of the molecule is Cc1cc2cc(n1)-c1c(C)nn(C)c1OC[C@H]1CC[C@H](C1)Cn1c(nc3ccc(N4C[C@@H](C)N(C5CCN(c6cc(F)c([C@H]7CCC(=O)NC7=O)c(F)c6)CC5)C[C@H]4C)cc31)NC2=O. The average molecular weight is 875 g/mol. The van der Waals surface area contributed by atoms with Gasteiger partial charge in [-0.25, -0.2) is 18.4 Å². The molecule has 3 aromatic heterocycles. The lowest BCUT2D eigenvalue weighted by Crippen LogP contribution is -2.60. The van der Waals surface area contributed by atoms with Crippen molar-refractivity contribution in [1.82, 2.24) is 34.5 Å². The molecule has 5 aromatic rings. The number of halogens is 2. The zero-order valence-electron chi connectivity index (χ0n) is 37.2. The van der Waals surface area contributed by atoms with E-state index in [-0.39, 0.29) is 36.4 Å². The summed E-state index contributed by atoms with van der Waals surface area (Å²) in [4.78, 5) is 55.1. The Morgan fingerprint density at radius 3 is 2.34 bits per heavy atom. The molecule has 64 heavy (non-hydrogen) atoms. The van der Waals surface area contributed by atoms with Crippen LogP contribution in [0.15, 0.2) is 42.5 Å². The smallest absolute Gasteiger partial charge is 0.258 e. The number of piperidine rings is 2. The van der Waals surface area contributed by atoms with Gasteiger partial charge in [0, 0.05) is 92.5 Å². The van der Waals surface area contributed by atoms with Crippen molar-refractivity contribution < 1.29 is 27.9 Å². The van der Waals surface area contributed by atoms with E-state index in [9.17, 15) is 14.4 Å². The molecule has 2 N–H and O–H groups in total. The minimum atomic E-state index is -1.02. The quantitative estimate of drug-likeness (QED) is 0.184. The van der Waals surface area contributed by atoms with E-state index in [1.54, 1.807) is 10.7 Å². The Kier molecular flexibility index (Phi) is 10.9. The number of hydrogen-bond acceptors (Lipinski definition) is 10. The number of amides is 3. The number of aryl methyl sites for hydroxylation is 3. The van der Waals surface area contributed by atoms with E-state index >= 15 is 8.78 Å². The highest BCUT2D eigenvalue weighted by molar-refractivity contribution is 6.05. The van der Waals surface area contributed by atoms with Crippen molar-refractivity contribution in [3.63, 3.8) is 0 Å². The third kappa shape index (κ3) is 7.77. The second-order valence-electron chi connectivity index (χ2n) is 18.9. The molecule has 0 radical (unpaired) electrons. The van der Waals surface area contributed by atoms with Crippen molar-refractivity contribution in [2.24, 2.45) is 18.9 Å². The summed E-state index contributed by atoms with van der Waals surface area (Å²) in [5.41, 5.74) is 6.61. The Bertz CT molecular complexity index is 2650. The fraction of sp³-hybridized carbons (Fsp3) is 0.500. The van der Waals surface area contributed by atoms with Crippen molar-refractivity contribution in [2.45, 2.75) is 103 Å². The Labute approximate surface area is 371 Å². The number of imidazole rings is 1. The molecular weight excluding hydrogens is 819 g/mol. The number of ether oxygens (including phenoxy) is 1. The molecule has 0 unspecified atom stereocenters. The van der Waals surface area contributed by atoms with E-state index in [4.69, 9.17) is 14.7 Å². The minimum absolute atomic E-state index is 0.0553. The van der Waals surface area contributed by atoms with E-state index in [1.807, 2.05) is 31.9 Å². The monoisotopic (exact) mass is 874 g/mol. The predicted octanol–water partition coefficient (Wildman–Crippen LogP) is 6.88. The van der Waals surface area contributed by atoms with Gasteiger partial charge in [-0.2, -0.15) is 5.10 Å². The molecule has 1 aliphatic carbocycles. The van der Waals surface area contributed by atoms with Crippen LogP contribution in [0.5, 0.6) is 5.88 Å². The molecule has 3 saturated heterocycles. The molecule has 16 heteroatoms. The van der Waals surface area contributed by atoms with Gasteiger partial charge >= 0.3 is 0 Å². The van der Waals surface area contributed by atoms with Gasteiger partial charge in [-0.05, 0) is 121 Å². The summed E-state index contributed by atoms with van der Waals surface area (Å²) >= 11 is 0. The molecule has 10 rings (SSSR count). The van der Waals surface area contributed by atoms with Crippen LogP contribution in [0.2, 0.25) is 0 Å². The molecule has 0 spiro atoms. The number of piperazine rings is 1. The minimum Gasteiger partial charge on any atom is -0.477 e. The number of pyridine rings is 1. The number of rotatable bonds is 4. The summed E-state index contributed by atoms with van der Waals surface area (Å²) in [6, 6.07) is 13.5. The third-order valence-corrected chi connectivity index (χ3v) is 14.5. The Morgan fingerprint density at radius 1 is 0.812 bits per heavy atom. The second-order valence-corrected chi connectivity index (χ2v) is 18.9. The number of hydrogen-bond donors (Lipinski definition) is 2. The van der Waals surface area contributed by atoms with Crippen molar-refractivity contribution in [1.29, 1.82) is 0 Å². The molecule has 5 aliphatic rings. The van der Waals surface area contributed by atoms with Gasteiger partial charge in [0.2, 0.25) is 23.6 Å². The molecule has 4 fully saturated rings. The molecule has 4 bridgehead atoms. The van der Waals surface area contributed by atoms with E-state index < -0.39 is 29.4 Å². The molecular formula is C48H56F2N10O4. The number of nitrogens with zero attached hydrogens (tertiary/aromatic N) is 8. The maximum Gasteiger partial charge on any atom is 0.258 e. The zero-order chi connectivity index (χ0) is 44.6. The molecule has 7 heterocycles. The zero-order valence-corrected chi connectivity index (χ0v) is 37.2. The van der Waals surface area contributed by atoms with Crippen LogP contribution in [-0.4, -0.2) is 97.8 Å². The molecule has 336 valence electrons. The number of fused-ring (bicyclic) bond motifs is 9. The fourth-order valence-corrected chi connectivity index (χ4v) is 11.3. The highest BCUT2D eigenvalue weighted by Gasteiger charge is 2.37. The molecule has 1 saturated carbocycles. The Hall–Kier alpha value is -5.90. The largest absolute Gasteiger partial charge is 0.477 e. The number of aromatic nitrogens is 5. The van der Waals surface area contributed by atoms with Crippen LogP contribution < -0.4 is 25.2 Å². The second kappa shape index (κ2) is 16.6. The Balaban J connectivity index is 0.858. The summed E-state index contributed by atoms with van der Waals surface area (Å²) in [7, 11) is 1.89. The van der Waals surface area contributed by atoms with Gasteiger partial charge in [0.1, 0.15) is 11.6 Å². The maximum atomic E-state index is 15.4. The van der Waals surface area contributed by atoms with E-state index in [1.165, 1.54) is 12.1 Å². The van der Waals surface area contributed by atoms with Crippen LogP contribution in [0, 0.1) is 37.3 Å². The molecule has 5 atom stereocenters. The Morgan fingerprint density at radius 2 is 1.58 bits per heavy atom. The summed E-state index contributed by atoms with van der Waals surface area (Å²) in [6.45, 7) is 12.7. The van der Waals surface area contributed by atoms with E-state index in [0.29, 0.717) is 66.3 Å². The van der Waals surface area contributed by atoms with Crippen LogP contribution in [0.25, 0.3) is 22.3 Å².